The first kappa shape index (κ1) is 15.4. The third-order valence-electron chi connectivity index (χ3n) is 3.91. The molecule has 23 heavy (non-hydrogen) atoms. The number of aromatic nitrogens is 1. The van der Waals surface area contributed by atoms with E-state index in [0.717, 1.165) is 18.8 Å². The smallest absolute Gasteiger partial charge is 0.118 e. The summed E-state index contributed by atoms with van der Waals surface area (Å²) < 4.78 is 7.41. The summed E-state index contributed by atoms with van der Waals surface area (Å²) in [6.07, 6.45) is 2.11. The van der Waals surface area contributed by atoms with Crippen molar-refractivity contribution in [2.24, 2.45) is 0 Å². The molecule has 0 fully saturated rings. The zero-order valence-electron chi connectivity index (χ0n) is 13.6. The fraction of sp³-hybridized carbons (Fsp3) is 0.200. The van der Waals surface area contributed by atoms with Gasteiger partial charge < -0.3 is 14.6 Å². The number of benzene rings is 2. The summed E-state index contributed by atoms with van der Waals surface area (Å²) in [6.45, 7) is 3.78. The van der Waals surface area contributed by atoms with E-state index < -0.39 is 0 Å². The zero-order valence-corrected chi connectivity index (χ0v) is 13.6. The molecule has 0 saturated carbocycles. The van der Waals surface area contributed by atoms with Crippen LogP contribution >= 0.6 is 0 Å². The molecule has 2 aromatic carbocycles. The lowest BCUT2D eigenvalue weighted by Gasteiger charge is -2.11. The van der Waals surface area contributed by atoms with Crippen LogP contribution in [0.2, 0.25) is 0 Å². The second kappa shape index (κ2) is 7.16. The first-order chi connectivity index (χ1) is 11.3. The normalized spacial score (nSPS) is 10.7. The van der Waals surface area contributed by atoms with Crippen LogP contribution in [-0.4, -0.2) is 11.7 Å². The van der Waals surface area contributed by atoms with Crippen LogP contribution < -0.4 is 10.1 Å². The molecule has 1 N–H and O–H groups in total. The van der Waals surface area contributed by atoms with Crippen LogP contribution in [0.3, 0.4) is 0 Å². The van der Waals surface area contributed by atoms with E-state index in [0.29, 0.717) is 0 Å². The molecule has 0 aliphatic heterocycles. The van der Waals surface area contributed by atoms with Crippen LogP contribution in [0.4, 0.5) is 0 Å². The summed E-state index contributed by atoms with van der Waals surface area (Å²) >= 11 is 0. The molecule has 3 rings (SSSR count). The molecule has 3 aromatic rings. The van der Waals surface area contributed by atoms with E-state index in [1.54, 1.807) is 7.11 Å². The molecule has 1 heterocycles. The van der Waals surface area contributed by atoms with Crippen molar-refractivity contribution in [2.45, 2.75) is 20.0 Å². The van der Waals surface area contributed by atoms with Gasteiger partial charge in [-0.3, -0.25) is 0 Å². The van der Waals surface area contributed by atoms with Crippen LogP contribution in [0.15, 0.2) is 66.9 Å². The van der Waals surface area contributed by atoms with Gasteiger partial charge in [0.1, 0.15) is 5.75 Å². The molecule has 3 heteroatoms. The second-order valence-corrected chi connectivity index (χ2v) is 5.66. The van der Waals surface area contributed by atoms with Gasteiger partial charge in [0, 0.05) is 30.7 Å². The highest BCUT2D eigenvalue weighted by molar-refractivity contribution is 5.38. The topological polar surface area (TPSA) is 26.2 Å². The average molecular weight is 306 g/mol. The molecule has 0 bridgehead atoms. The van der Waals surface area contributed by atoms with Gasteiger partial charge in [0.25, 0.3) is 0 Å². The van der Waals surface area contributed by atoms with Gasteiger partial charge in [-0.1, -0.05) is 24.3 Å². The Hall–Kier alpha value is -2.52. The van der Waals surface area contributed by atoms with Crippen molar-refractivity contribution in [3.63, 3.8) is 0 Å². The van der Waals surface area contributed by atoms with Crippen LogP contribution in [0.25, 0.3) is 5.69 Å². The van der Waals surface area contributed by atoms with Crippen LogP contribution in [0.5, 0.6) is 5.75 Å². The highest BCUT2D eigenvalue weighted by Gasteiger charge is 2.03. The number of methoxy groups -OCH3 is 1. The number of hydrogen-bond acceptors (Lipinski definition) is 2. The van der Waals surface area contributed by atoms with Gasteiger partial charge in [0.2, 0.25) is 0 Å². The molecule has 118 valence electrons. The Kier molecular flexibility index (Phi) is 4.79. The third kappa shape index (κ3) is 3.82. The maximum absolute atomic E-state index is 5.18. The number of nitrogens with one attached hydrogen (secondary N) is 1. The van der Waals surface area contributed by atoms with E-state index in [1.165, 1.54) is 22.5 Å². The van der Waals surface area contributed by atoms with Crippen molar-refractivity contribution in [3.05, 3.63) is 83.7 Å². The van der Waals surface area contributed by atoms with Gasteiger partial charge in [-0.25, -0.2) is 0 Å². The maximum Gasteiger partial charge on any atom is 0.118 e. The quantitative estimate of drug-likeness (QED) is 0.742. The van der Waals surface area contributed by atoms with Crippen LogP contribution in [0.1, 0.15) is 16.8 Å². The molecule has 0 atom stereocenters. The van der Waals surface area contributed by atoms with Crippen LogP contribution in [0, 0.1) is 6.92 Å². The van der Waals surface area contributed by atoms with Crippen molar-refractivity contribution in [2.75, 3.05) is 7.11 Å². The summed E-state index contributed by atoms with van der Waals surface area (Å²) in [7, 11) is 1.69. The van der Waals surface area contributed by atoms with E-state index in [4.69, 9.17) is 4.74 Å². The summed E-state index contributed by atoms with van der Waals surface area (Å²) in [4.78, 5) is 0. The Morgan fingerprint density at radius 2 is 1.78 bits per heavy atom. The Bertz CT molecular complexity index is 759. The Morgan fingerprint density at radius 3 is 2.52 bits per heavy atom. The minimum absolute atomic E-state index is 0.826. The number of hydrogen-bond donors (Lipinski definition) is 1. The molecule has 3 nitrogen and oxygen atoms in total. The average Bonchev–Trinajstić information content (AvgIpc) is 3.04. The van der Waals surface area contributed by atoms with Gasteiger partial charge in [0.05, 0.1) is 7.11 Å². The van der Waals surface area contributed by atoms with E-state index in [1.807, 2.05) is 12.1 Å². The minimum Gasteiger partial charge on any atom is -0.497 e. The molecule has 0 unspecified atom stereocenters. The highest BCUT2D eigenvalue weighted by Crippen LogP contribution is 2.15. The van der Waals surface area contributed by atoms with Gasteiger partial charge >= 0.3 is 0 Å². The molecule has 0 amide bonds. The lowest BCUT2D eigenvalue weighted by atomic mass is 10.2. The highest BCUT2D eigenvalue weighted by atomic mass is 16.5. The first-order valence-electron chi connectivity index (χ1n) is 7.83. The minimum atomic E-state index is 0.826. The van der Waals surface area contributed by atoms with Gasteiger partial charge in [-0.05, 0) is 54.4 Å². The molecular formula is C20H22N2O. The molecule has 0 spiro atoms. The predicted molar refractivity (Wildman–Crippen MR) is 94.0 cm³/mol. The first-order valence-corrected chi connectivity index (χ1v) is 7.83. The lowest BCUT2D eigenvalue weighted by molar-refractivity contribution is 0.414. The molecule has 0 aliphatic rings. The molecule has 0 saturated heterocycles. The SMILES string of the molecule is COc1ccc(CNCc2cccn2-c2cccc(C)c2)cc1. The van der Waals surface area contributed by atoms with Crippen molar-refractivity contribution in [1.82, 2.24) is 9.88 Å². The number of rotatable bonds is 6. The van der Waals surface area contributed by atoms with Crippen molar-refractivity contribution in [1.29, 1.82) is 0 Å². The molecule has 0 radical (unpaired) electrons. The molecule has 1 aromatic heterocycles. The zero-order chi connectivity index (χ0) is 16.1. The summed E-state index contributed by atoms with van der Waals surface area (Å²) in [5.74, 6) is 0.891. The monoisotopic (exact) mass is 306 g/mol. The number of aryl methyl sites for hydroxylation is 1. The summed E-state index contributed by atoms with van der Waals surface area (Å²) in [5, 5.41) is 3.50. The van der Waals surface area contributed by atoms with E-state index in [2.05, 4.69) is 71.5 Å². The standard InChI is InChI=1S/C20H22N2O/c1-16-5-3-6-18(13-16)22-12-4-7-19(22)15-21-14-17-8-10-20(23-2)11-9-17/h3-13,21H,14-15H2,1-2H3. The van der Waals surface area contributed by atoms with Gasteiger partial charge in [-0.15, -0.1) is 0 Å². The second-order valence-electron chi connectivity index (χ2n) is 5.66. The summed E-state index contributed by atoms with van der Waals surface area (Å²) in [6, 6.07) is 21.0. The fourth-order valence-corrected chi connectivity index (χ4v) is 2.67. The lowest BCUT2D eigenvalue weighted by Crippen LogP contribution is -2.15. The van der Waals surface area contributed by atoms with E-state index in [-0.39, 0.29) is 0 Å². The molecule has 0 aliphatic carbocycles. The molecular weight excluding hydrogens is 284 g/mol. The van der Waals surface area contributed by atoms with Gasteiger partial charge in [-0.2, -0.15) is 0 Å². The van der Waals surface area contributed by atoms with Gasteiger partial charge in [0.15, 0.2) is 0 Å². The predicted octanol–water partition coefficient (Wildman–Crippen LogP) is 4.08. The summed E-state index contributed by atoms with van der Waals surface area (Å²) in [5.41, 5.74) is 4.98. The Balaban J connectivity index is 1.64. The third-order valence-corrected chi connectivity index (χ3v) is 3.91. The van der Waals surface area contributed by atoms with E-state index in [9.17, 15) is 0 Å². The number of nitrogens with zero attached hydrogens (tertiary/aromatic N) is 1. The largest absolute Gasteiger partial charge is 0.497 e. The van der Waals surface area contributed by atoms with Crippen molar-refractivity contribution in [3.8, 4) is 11.4 Å². The van der Waals surface area contributed by atoms with Crippen LogP contribution in [-0.2, 0) is 13.1 Å². The maximum atomic E-state index is 5.18. The van der Waals surface area contributed by atoms with Crippen molar-refractivity contribution < 1.29 is 4.74 Å². The fourth-order valence-electron chi connectivity index (χ4n) is 2.67. The Labute approximate surface area is 137 Å². The Morgan fingerprint density at radius 1 is 0.957 bits per heavy atom. The van der Waals surface area contributed by atoms with Crippen molar-refractivity contribution >= 4 is 0 Å². The number of ether oxygens (including phenoxy) is 1. The van der Waals surface area contributed by atoms with E-state index >= 15 is 0 Å².